The van der Waals surface area contributed by atoms with Gasteiger partial charge in [0.25, 0.3) is 17.5 Å². The van der Waals surface area contributed by atoms with E-state index in [0.717, 1.165) is 17.7 Å². The highest BCUT2D eigenvalue weighted by atomic mass is 35.5. The lowest BCUT2D eigenvalue weighted by Gasteiger charge is -2.14. The lowest BCUT2D eigenvalue weighted by molar-refractivity contribution is -0.384. The molecule has 0 aliphatic heterocycles. The maximum absolute atomic E-state index is 12.6. The molecule has 3 rings (SSSR count). The Morgan fingerprint density at radius 1 is 1.11 bits per heavy atom. The zero-order valence-corrected chi connectivity index (χ0v) is 19.0. The number of nitrogen functional groups attached to an aromatic ring is 1. The van der Waals surface area contributed by atoms with Gasteiger partial charge in [0.2, 0.25) is 0 Å². The summed E-state index contributed by atoms with van der Waals surface area (Å²) in [7, 11) is 0. The zero-order valence-electron chi connectivity index (χ0n) is 18.3. The third-order valence-electron chi connectivity index (χ3n) is 4.74. The average molecular weight is 497 g/mol. The van der Waals surface area contributed by atoms with Crippen LogP contribution in [0.4, 0.5) is 5.69 Å². The van der Waals surface area contributed by atoms with Crippen molar-refractivity contribution in [2.24, 2.45) is 5.73 Å². The Morgan fingerprint density at radius 3 is 2.60 bits per heavy atom. The molecule has 2 amide bonds. The fourth-order valence-corrected chi connectivity index (χ4v) is 3.22. The summed E-state index contributed by atoms with van der Waals surface area (Å²) in [5, 5.41) is 24.1. The molecule has 0 saturated heterocycles. The normalized spacial score (nSPS) is 10.3. The van der Waals surface area contributed by atoms with Gasteiger partial charge in [-0.15, -0.1) is 0 Å². The summed E-state index contributed by atoms with van der Waals surface area (Å²) in [5.74, 6) is -0.931. The van der Waals surface area contributed by atoms with Gasteiger partial charge in [-0.05, 0) is 23.8 Å². The van der Waals surface area contributed by atoms with Gasteiger partial charge in [0, 0.05) is 59.3 Å². The Bertz CT molecular complexity index is 1270. The number of ether oxygens (including phenoxy) is 1. The monoisotopic (exact) mass is 496 g/mol. The van der Waals surface area contributed by atoms with Gasteiger partial charge in [0.15, 0.2) is 6.61 Å². The smallest absolute Gasteiger partial charge is 0.271 e. The molecule has 3 aromatic rings. The number of pyridine rings is 1. The molecule has 2 aromatic carbocycles. The second-order valence-electron chi connectivity index (χ2n) is 7.30. The van der Waals surface area contributed by atoms with E-state index in [1.807, 2.05) is 6.07 Å². The summed E-state index contributed by atoms with van der Waals surface area (Å²) in [6, 6.07) is 11.8. The minimum atomic E-state index is -0.644. The molecule has 5 N–H and O–H groups in total. The van der Waals surface area contributed by atoms with Gasteiger partial charge in [0.1, 0.15) is 11.6 Å². The van der Waals surface area contributed by atoms with Gasteiger partial charge in [-0.25, -0.2) is 0 Å². The Balaban J connectivity index is 1.68. The predicted octanol–water partition coefficient (Wildman–Crippen LogP) is 2.55. The van der Waals surface area contributed by atoms with Crippen molar-refractivity contribution >= 4 is 34.9 Å². The van der Waals surface area contributed by atoms with Crippen LogP contribution in [-0.4, -0.2) is 34.2 Å². The van der Waals surface area contributed by atoms with Gasteiger partial charge in [-0.1, -0.05) is 29.8 Å². The number of carbonyl (C=O) groups is 2. The van der Waals surface area contributed by atoms with Crippen LogP contribution in [0.15, 0.2) is 60.9 Å². The topological polar surface area (TPSA) is 173 Å². The van der Waals surface area contributed by atoms with Crippen LogP contribution in [0.25, 0.3) is 0 Å². The molecule has 12 heteroatoms. The number of nitrogens with zero attached hydrogens (tertiary/aromatic N) is 2. The summed E-state index contributed by atoms with van der Waals surface area (Å²) < 4.78 is 5.64. The van der Waals surface area contributed by atoms with E-state index in [1.54, 1.807) is 30.6 Å². The quantitative estimate of drug-likeness (QED) is 0.144. The van der Waals surface area contributed by atoms with Crippen molar-refractivity contribution in [3.63, 3.8) is 0 Å². The zero-order chi connectivity index (χ0) is 25.4. The molecule has 0 bridgehead atoms. The molecule has 0 atom stereocenters. The van der Waals surface area contributed by atoms with Crippen molar-refractivity contribution in [1.29, 1.82) is 5.41 Å². The number of nitro groups is 1. The lowest BCUT2D eigenvalue weighted by atomic mass is 10.1. The van der Waals surface area contributed by atoms with Gasteiger partial charge in [-0.3, -0.25) is 30.1 Å². The van der Waals surface area contributed by atoms with Crippen LogP contribution in [0.2, 0.25) is 5.02 Å². The molecular formula is C23H21ClN6O5. The molecule has 35 heavy (non-hydrogen) atoms. The summed E-state index contributed by atoms with van der Waals surface area (Å²) in [6.07, 6.45) is 3.26. The Hall–Kier alpha value is -4.51. The van der Waals surface area contributed by atoms with Crippen molar-refractivity contribution in [1.82, 2.24) is 15.6 Å². The number of nitrogens with one attached hydrogen (secondary N) is 3. The molecule has 0 aliphatic rings. The SMILES string of the molecule is N=C(N)c1ccc(CNC(=O)c2cc(Cl)cc([N+](=O)[O-])c2)c(OCC(=O)NCc2cccnc2)c1. The number of carbonyl (C=O) groups excluding carboxylic acids is 2. The second kappa shape index (κ2) is 11.6. The van der Waals surface area contributed by atoms with Crippen molar-refractivity contribution in [3.8, 4) is 5.75 Å². The van der Waals surface area contributed by atoms with Gasteiger partial charge < -0.3 is 21.1 Å². The first-order valence-electron chi connectivity index (χ1n) is 10.2. The number of non-ortho nitro benzene ring substituents is 1. The van der Waals surface area contributed by atoms with Gasteiger partial charge >= 0.3 is 0 Å². The van der Waals surface area contributed by atoms with Crippen molar-refractivity contribution in [3.05, 3.63) is 98.3 Å². The minimum Gasteiger partial charge on any atom is -0.483 e. The molecular weight excluding hydrogens is 476 g/mol. The molecule has 11 nitrogen and oxygen atoms in total. The Labute approximate surface area is 204 Å². The van der Waals surface area contributed by atoms with Crippen LogP contribution < -0.4 is 21.1 Å². The third kappa shape index (κ3) is 7.24. The Kier molecular flexibility index (Phi) is 8.30. The highest BCUT2D eigenvalue weighted by molar-refractivity contribution is 6.31. The van der Waals surface area contributed by atoms with E-state index in [0.29, 0.717) is 11.1 Å². The number of hydrogen-bond donors (Lipinski definition) is 4. The summed E-state index contributed by atoms with van der Waals surface area (Å²) in [5.41, 5.74) is 6.96. The molecule has 180 valence electrons. The van der Waals surface area contributed by atoms with E-state index in [1.165, 1.54) is 12.1 Å². The predicted molar refractivity (Wildman–Crippen MR) is 128 cm³/mol. The summed E-state index contributed by atoms with van der Waals surface area (Å²) in [6.45, 7) is -0.0643. The number of amidine groups is 1. The van der Waals surface area contributed by atoms with E-state index in [4.69, 9.17) is 27.5 Å². The molecule has 0 unspecified atom stereocenters. The van der Waals surface area contributed by atoms with E-state index in [-0.39, 0.29) is 53.5 Å². The van der Waals surface area contributed by atoms with Crippen LogP contribution >= 0.6 is 11.6 Å². The summed E-state index contributed by atoms with van der Waals surface area (Å²) >= 11 is 5.89. The second-order valence-corrected chi connectivity index (χ2v) is 7.74. The van der Waals surface area contributed by atoms with Crippen molar-refractivity contribution in [2.45, 2.75) is 13.1 Å². The summed E-state index contributed by atoms with van der Waals surface area (Å²) in [4.78, 5) is 39.2. The number of halogens is 1. The van der Waals surface area contributed by atoms with Crippen molar-refractivity contribution < 1.29 is 19.2 Å². The molecule has 1 aromatic heterocycles. The molecule has 0 radical (unpaired) electrons. The lowest BCUT2D eigenvalue weighted by Crippen LogP contribution is -2.29. The fraction of sp³-hybridized carbons (Fsp3) is 0.130. The number of nitro benzene ring substituents is 1. The number of amides is 2. The molecule has 0 spiro atoms. The largest absolute Gasteiger partial charge is 0.483 e. The van der Waals surface area contributed by atoms with Crippen LogP contribution in [-0.2, 0) is 17.9 Å². The maximum atomic E-state index is 12.6. The number of nitrogens with two attached hydrogens (primary N) is 1. The van der Waals surface area contributed by atoms with Crippen LogP contribution in [0.5, 0.6) is 5.75 Å². The highest BCUT2D eigenvalue weighted by Gasteiger charge is 2.15. The number of benzene rings is 2. The molecule has 0 fully saturated rings. The Morgan fingerprint density at radius 2 is 1.91 bits per heavy atom. The fourth-order valence-electron chi connectivity index (χ4n) is 2.99. The van der Waals surface area contributed by atoms with Crippen molar-refractivity contribution in [2.75, 3.05) is 6.61 Å². The van der Waals surface area contributed by atoms with Gasteiger partial charge in [-0.2, -0.15) is 0 Å². The first kappa shape index (κ1) is 25.1. The van der Waals surface area contributed by atoms with E-state index in [2.05, 4.69) is 15.6 Å². The first-order valence-corrected chi connectivity index (χ1v) is 10.6. The number of rotatable bonds is 10. The minimum absolute atomic E-state index is 0.0156. The van der Waals surface area contributed by atoms with Gasteiger partial charge in [0.05, 0.1) is 4.92 Å². The van der Waals surface area contributed by atoms with E-state index in [9.17, 15) is 19.7 Å². The first-order chi connectivity index (χ1) is 16.7. The molecule has 0 aliphatic carbocycles. The van der Waals surface area contributed by atoms with E-state index >= 15 is 0 Å². The average Bonchev–Trinajstić information content (AvgIpc) is 2.85. The third-order valence-corrected chi connectivity index (χ3v) is 4.96. The number of hydrogen-bond acceptors (Lipinski definition) is 7. The molecule has 1 heterocycles. The standard InChI is InChI=1S/C23H21ClN6O5/c24-18-6-17(7-19(9-18)30(33)34)23(32)29-12-16-4-3-15(22(25)26)8-20(16)35-13-21(31)28-11-14-2-1-5-27-10-14/h1-10H,11-13H2,(H3,25,26)(H,28,31)(H,29,32). The van der Waals surface area contributed by atoms with Crippen LogP contribution in [0, 0.1) is 15.5 Å². The van der Waals surface area contributed by atoms with Crippen LogP contribution in [0.3, 0.4) is 0 Å². The van der Waals surface area contributed by atoms with E-state index < -0.39 is 10.8 Å². The molecule has 0 saturated carbocycles. The highest BCUT2D eigenvalue weighted by Crippen LogP contribution is 2.23. The number of aromatic nitrogens is 1. The maximum Gasteiger partial charge on any atom is 0.271 e. The van der Waals surface area contributed by atoms with Crippen LogP contribution in [0.1, 0.15) is 27.0 Å².